The maximum absolute atomic E-state index is 14.2. The molecule has 18 heavy (non-hydrogen) atoms. The molecule has 1 aromatic rings. The van der Waals surface area contributed by atoms with Crippen LogP contribution in [-0.4, -0.2) is 24.8 Å². The SMILES string of the molecule is CCN(CC)c1ccc(C(F)C(C)(C)CO)cc1. The number of nitrogens with zero attached hydrogens (tertiary/aromatic N) is 1. The van der Waals surface area contributed by atoms with E-state index in [1.165, 1.54) is 0 Å². The summed E-state index contributed by atoms with van der Waals surface area (Å²) in [4.78, 5) is 2.22. The van der Waals surface area contributed by atoms with Crippen molar-refractivity contribution in [2.75, 3.05) is 24.6 Å². The van der Waals surface area contributed by atoms with Crippen LogP contribution in [0.5, 0.6) is 0 Å². The van der Waals surface area contributed by atoms with Crippen molar-refractivity contribution in [1.29, 1.82) is 0 Å². The average molecular weight is 253 g/mol. The Hall–Kier alpha value is -1.09. The van der Waals surface area contributed by atoms with Crippen molar-refractivity contribution < 1.29 is 9.50 Å². The van der Waals surface area contributed by atoms with E-state index in [4.69, 9.17) is 0 Å². The molecule has 1 N–H and O–H groups in total. The Morgan fingerprint density at radius 2 is 1.67 bits per heavy atom. The number of hydrogen-bond donors (Lipinski definition) is 1. The van der Waals surface area contributed by atoms with Crippen molar-refractivity contribution >= 4 is 5.69 Å². The largest absolute Gasteiger partial charge is 0.396 e. The zero-order valence-corrected chi connectivity index (χ0v) is 11.8. The fourth-order valence-electron chi connectivity index (χ4n) is 1.97. The Morgan fingerprint density at radius 1 is 1.17 bits per heavy atom. The summed E-state index contributed by atoms with van der Waals surface area (Å²) in [7, 11) is 0. The first kappa shape index (κ1) is 15.0. The molecule has 0 amide bonds. The molecular weight excluding hydrogens is 229 g/mol. The van der Waals surface area contributed by atoms with Gasteiger partial charge in [-0.15, -0.1) is 0 Å². The number of halogens is 1. The van der Waals surface area contributed by atoms with Gasteiger partial charge in [0.05, 0.1) is 6.61 Å². The van der Waals surface area contributed by atoms with E-state index in [1.807, 2.05) is 24.3 Å². The molecule has 0 bridgehead atoms. The predicted octanol–water partition coefficient (Wildman–Crippen LogP) is 3.56. The van der Waals surface area contributed by atoms with Gasteiger partial charge in [0.1, 0.15) is 6.17 Å². The number of aliphatic hydroxyl groups excluding tert-OH is 1. The highest BCUT2D eigenvalue weighted by Crippen LogP contribution is 2.36. The summed E-state index contributed by atoms with van der Waals surface area (Å²) in [6, 6.07) is 7.52. The van der Waals surface area contributed by atoms with Gasteiger partial charge in [-0.2, -0.15) is 0 Å². The summed E-state index contributed by atoms with van der Waals surface area (Å²) in [5.41, 5.74) is 0.999. The van der Waals surface area contributed by atoms with E-state index in [1.54, 1.807) is 13.8 Å². The maximum Gasteiger partial charge on any atom is 0.132 e. The highest BCUT2D eigenvalue weighted by Gasteiger charge is 2.30. The van der Waals surface area contributed by atoms with Crippen LogP contribution in [-0.2, 0) is 0 Å². The molecule has 0 aliphatic heterocycles. The van der Waals surface area contributed by atoms with Crippen LogP contribution in [0.4, 0.5) is 10.1 Å². The molecule has 0 fully saturated rings. The normalized spacial score (nSPS) is 13.4. The van der Waals surface area contributed by atoms with Gasteiger partial charge in [0.2, 0.25) is 0 Å². The summed E-state index contributed by atoms with van der Waals surface area (Å²) < 4.78 is 14.2. The molecule has 1 aromatic carbocycles. The third-order valence-electron chi connectivity index (χ3n) is 3.41. The number of benzene rings is 1. The maximum atomic E-state index is 14.2. The number of alkyl halides is 1. The molecule has 2 nitrogen and oxygen atoms in total. The van der Waals surface area contributed by atoms with E-state index < -0.39 is 11.6 Å². The van der Waals surface area contributed by atoms with Crippen molar-refractivity contribution in [3.05, 3.63) is 29.8 Å². The Kier molecular flexibility index (Phi) is 5.15. The Bertz CT molecular complexity index is 357. The number of hydrogen-bond acceptors (Lipinski definition) is 2. The van der Waals surface area contributed by atoms with Gasteiger partial charge in [0, 0.05) is 24.2 Å². The molecule has 1 rings (SSSR count). The molecule has 3 heteroatoms. The van der Waals surface area contributed by atoms with Crippen LogP contribution < -0.4 is 4.90 Å². The van der Waals surface area contributed by atoms with Gasteiger partial charge in [0.25, 0.3) is 0 Å². The van der Waals surface area contributed by atoms with Crippen LogP contribution in [0.15, 0.2) is 24.3 Å². The van der Waals surface area contributed by atoms with Gasteiger partial charge in [-0.25, -0.2) is 4.39 Å². The van der Waals surface area contributed by atoms with Crippen LogP contribution in [0.3, 0.4) is 0 Å². The van der Waals surface area contributed by atoms with E-state index in [-0.39, 0.29) is 6.61 Å². The quantitative estimate of drug-likeness (QED) is 0.838. The van der Waals surface area contributed by atoms with Crippen LogP contribution in [0.25, 0.3) is 0 Å². The Labute approximate surface area is 109 Å². The fraction of sp³-hybridized carbons (Fsp3) is 0.600. The van der Waals surface area contributed by atoms with Crippen molar-refractivity contribution in [1.82, 2.24) is 0 Å². The summed E-state index contributed by atoms with van der Waals surface area (Å²) in [5, 5.41) is 9.20. The molecule has 1 unspecified atom stereocenters. The van der Waals surface area contributed by atoms with Crippen LogP contribution >= 0.6 is 0 Å². The van der Waals surface area contributed by atoms with Gasteiger partial charge >= 0.3 is 0 Å². The molecule has 0 spiro atoms. The Balaban J connectivity index is 2.89. The lowest BCUT2D eigenvalue weighted by Gasteiger charge is -2.27. The van der Waals surface area contributed by atoms with Gasteiger partial charge in [-0.3, -0.25) is 0 Å². The molecule has 0 aromatic heterocycles. The van der Waals surface area contributed by atoms with E-state index in [0.29, 0.717) is 5.56 Å². The minimum Gasteiger partial charge on any atom is -0.396 e. The lowest BCUT2D eigenvalue weighted by atomic mass is 9.84. The molecule has 1 atom stereocenters. The first-order valence-electron chi connectivity index (χ1n) is 6.56. The van der Waals surface area contributed by atoms with Crippen molar-refractivity contribution in [2.24, 2.45) is 5.41 Å². The molecule has 0 heterocycles. The third kappa shape index (κ3) is 3.22. The smallest absolute Gasteiger partial charge is 0.132 e. The summed E-state index contributed by atoms with van der Waals surface area (Å²) >= 11 is 0. The molecule has 0 saturated carbocycles. The van der Waals surface area contributed by atoms with E-state index in [2.05, 4.69) is 18.7 Å². The van der Waals surface area contributed by atoms with Crippen LogP contribution in [0.1, 0.15) is 39.4 Å². The number of aliphatic hydroxyl groups is 1. The highest BCUT2D eigenvalue weighted by molar-refractivity contribution is 5.47. The third-order valence-corrected chi connectivity index (χ3v) is 3.41. The van der Waals surface area contributed by atoms with Gasteiger partial charge < -0.3 is 10.0 Å². The number of anilines is 1. The standard InChI is InChI=1S/C15H24FNO/c1-5-17(6-2)13-9-7-12(8-10-13)14(16)15(3,4)11-18/h7-10,14,18H,5-6,11H2,1-4H3. The van der Waals surface area contributed by atoms with Gasteiger partial charge in [0.15, 0.2) is 0 Å². The average Bonchev–Trinajstić information content (AvgIpc) is 2.40. The van der Waals surface area contributed by atoms with Gasteiger partial charge in [-0.1, -0.05) is 26.0 Å². The summed E-state index contributed by atoms with van der Waals surface area (Å²) in [6.45, 7) is 9.39. The molecule has 0 aliphatic rings. The second-order valence-electron chi connectivity index (χ2n) is 5.27. The van der Waals surface area contributed by atoms with Crippen molar-refractivity contribution in [2.45, 2.75) is 33.9 Å². The number of rotatable bonds is 6. The lowest BCUT2D eigenvalue weighted by Crippen LogP contribution is -2.24. The van der Waals surface area contributed by atoms with Crippen LogP contribution in [0, 0.1) is 5.41 Å². The van der Waals surface area contributed by atoms with Crippen molar-refractivity contribution in [3.8, 4) is 0 Å². The van der Waals surface area contributed by atoms with Crippen LogP contribution in [0.2, 0.25) is 0 Å². The monoisotopic (exact) mass is 253 g/mol. The molecule has 0 aliphatic carbocycles. The van der Waals surface area contributed by atoms with E-state index in [9.17, 15) is 9.50 Å². The molecule has 102 valence electrons. The highest BCUT2D eigenvalue weighted by atomic mass is 19.1. The summed E-state index contributed by atoms with van der Waals surface area (Å²) in [5.74, 6) is 0. The van der Waals surface area contributed by atoms with E-state index >= 15 is 0 Å². The van der Waals surface area contributed by atoms with E-state index in [0.717, 1.165) is 18.8 Å². The predicted molar refractivity (Wildman–Crippen MR) is 74.7 cm³/mol. The van der Waals surface area contributed by atoms with Crippen molar-refractivity contribution in [3.63, 3.8) is 0 Å². The summed E-state index contributed by atoms with van der Waals surface area (Å²) in [6.07, 6.45) is -1.15. The topological polar surface area (TPSA) is 23.5 Å². The molecular formula is C15H24FNO. The second-order valence-corrected chi connectivity index (χ2v) is 5.27. The fourth-order valence-corrected chi connectivity index (χ4v) is 1.97. The molecule has 0 radical (unpaired) electrons. The molecule has 0 saturated heterocycles. The first-order chi connectivity index (χ1) is 8.46. The lowest BCUT2D eigenvalue weighted by molar-refractivity contribution is 0.0664. The zero-order valence-electron chi connectivity index (χ0n) is 11.8. The second kappa shape index (κ2) is 6.19. The minimum absolute atomic E-state index is 0.161. The zero-order chi connectivity index (χ0) is 13.8. The Morgan fingerprint density at radius 3 is 2.06 bits per heavy atom. The first-order valence-corrected chi connectivity index (χ1v) is 6.56. The minimum atomic E-state index is -1.15. The van der Waals surface area contributed by atoms with Gasteiger partial charge in [-0.05, 0) is 31.5 Å².